The molecular formula is C12H12ClN3O4S. The second-order valence-electron chi connectivity index (χ2n) is 4.52. The lowest BCUT2D eigenvalue weighted by molar-refractivity contribution is 0.591. The van der Waals surface area contributed by atoms with Crippen LogP contribution >= 0.6 is 11.6 Å². The second kappa shape index (κ2) is 5.47. The van der Waals surface area contributed by atoms with Gasteiger partial charge < -0.3 is 0 Å². The highest BCUT2D eigenvalue weighted by Gasteiger charge is 2.16. The van der Waals surface area contributed by atoms with Crippen molar-refractivity contribution in [3.63, 3.8) is 0 Å². The molecule has 0 saturated heterocycles. The number of benzene rings is 1. The lowest BCUT2D eigenvalue weighted by Gasteiger charge is -2.09. The maximum absolute atomic E-state index is 11.7. The molecule has 9 heteroatoms. The molecule has 0 aliphatic heterocycles. The Balaban J connectivity index is 2.55. The van der Waals surface area contributed by atoms with Crippen molar-refractivity contribution in [3.05, 3.63) is 61.4 Å². The van der Waals surface area contributed by atoms with Crippen LogP contribution < -0.4 is 16.4 Å². The van der Waals surface area contributed by atoms with Crippen LogP contribution in [0.5, 0.6) is 0 Å². The van der Waals surface area contributed by atoms with Crippen molar-refractivity contribution in [2.75, 3.05) is 0 Å². The smallest absolute Gasteiger partial charge is 0.295 e. The molecule has 0 aliphatic rings. The number of nitrogens with two attached hydrogens (primary N) is 1. The monoisotopic (exact) mass is 329 g/mol. The number of nitrogens with zero attached hydrogens (tertiary/aromatic N) is 1. The van der Waals surface area contributed by atoms with Gasteiger partial charge in [0.1, 0.15) is 0 Å². The molecule has 0 unspecified atom stereocenters. The average molecular weight is 330 g/mol. The van der Waals surface area contributed by atoms with E-state index < -0.39 is 26.2 Å². The average Bonchev–Trinajstić information content (AvgIpc) is 2.33. The fourth-order valence-electron chi connectivity index (χ4n) is 1.77. The van der Waals surface area contributed by atoms with Gasteiger partial charge in [0.15, 0.2) is 4.90 Å². The minimum Gasteiger partial charge on any atom is -0.295 e. The van der Waals surface area contributed by atoms with E-state index in [2.05, 4.69) is 0 Å². The standard InChI is InChI=1S/C12H12ClN3O4S/c1-7-2-3-8(9(13)4-7)5-16-6-10(21(14,19)20)11(17)15-12(16)18/h2-4,6H,5H2,1H3,(H2,14,19,20)(H,15,17,18). The second-order valence-corrected chi connectivity index (χ2v) is 6.46. The maximum atomic E-state index is 11.7. The minimum absolute atomic E-state index is 0.0112. The lowest BCUT2D eigenvalue weighted by Crippen LogP contribution is -2.34. The van der Waals surface area contributed by atoms with Crippen molar-refractivity contribution in [2.24, 2.45) is 5.14 Å². The number of aryl methyl sites for hydroxylation is 1. The van der Waals surface area contributed by atoms with E-state index in [9.17, 15) is 18.0 Å². The topological polar surface area (TPSA) is 115 Å². The number of aromatic nitrogens is 2. The van der Waals surface area contributed by atoms with Gasteiger partial charge in [0.25, 0.3) is 5.56 Å². The molecule has 0 fully saturated rings. The molecule has 0 atom stereocenters. The van der Waals surface area contributed by atoms with E-state index in [0.29, 0.717) is 10.6 Å². The lowest BCUT2D eigenvalue weighted by atomic mass is 10.1. The fraction of sp³-hybridized carbons (Fsp3) is 0.167. The number of hydrogen-bond acceptors (Lipinski definition) is 4. The molecule has 1 heterocycles. The van der Waals surface area contributed by atoms with Crippen molar-refractivity contribution < 1.29 is 8.42 Å². The molecule has 0 aliphatic carbocycles. The third-order valence-electron chi connectivity index (χ3n) is 2.83. The number of H-pyrrole nitrogens is 1. The maximum Gasteiger partial charge on any atom is 0.328 e. The Hall–Kier alpha value is -1.90. The molecule has 2 rings (SSSR count). The molecule has 0 saturated carbocycles. The minimum atomic E-state index is -4.22. The van der Waals surface area contributed by atoms with Crippen LogP contribution in [0.25, 0.3) is 0 Å². The van der Waals surface area contributed by atoms with Crippen LogP contribution in [0.2, 0.25) is 5.02 Å². The largest absolute Gasteiger partial charge is 0.328 e. The van der Waals surface area contributed by atoms with Crippen molar-refractivity contribution in [2.45, 2.75) is 18.4 Å². The molecule has 3 N–H and O–H groups in total. The van der Waals surface area contributed by atoms with Gasteiger partial charge >= 0.3 is 5.69 Å². The van der Waals surface area contributed by atoms with Crippen LogP contribution in [0.4, 0.5) is 0 Å². The first-order valence-corrected chi connectivity index (χ1v) is 7.72. The summed E-state index contributed by atoms with van der Waals surface area (Å²) < 4.78 is 23.6. The third kappa shape index (κ3) is 3.41. The van der Waals surface area contributed by atoms with Gasteiger partial charge in [0.2, 0.25) is 10.0 Å². The summed E-state index contributed by atoms with van der Waals surface area (Å²) in [6.45, 7) is 1.87. The van der Waals surface area contributed by atoms with Crippen molar-refractivity contribution in [1.29, 1.82) is 0 Å². The van der Waals surface area contributed by atoms with Gasteiger partial charge in [-0.3, -0.25) is 14.3 Å². The molecule has 0 spiro atoms. The summed E-state index contributed by atoms with van der Waals surface area (Å²) in [5.74, 6) is 0. The Bertz CT molecular complexity index is 915. The molecule has 1 aromatic heterocycles. The normalized spacial score (nSPS) is 11.6. The summed E-state index contributed by atoms with van der Waals surface area (Å²) in [5.41, 5.74) is -0.239. The summed E-state index contributed by atoms with van der Waals surface area (Å²) in [7, 11) is -4.22. The number of sulfonamides is 1. The Morgan fingerprint density at radius 3 is 2.57 bits per heavy atom. The molecule has 112 valence electrons. The first-order valence-electron chi connectivity index (χ1n) is 5.80. The highest BCUT2D eigenvalue weighted by atomic mass is 35.5. The van der Waals surface area contributed by atoms with Gasteiger partial charge in [-0.2, -0.15) is 0 Å². The molecule has 7 nitrogen and oxygen atoms in total. The van der Waals surface area contributed by atoms with Crippen LogP contribution in [0.15, 0.2) is 38.9 Å². The van der Waals surface area contributed by atoms with Gasteiger partial charge in [-0.05, 0) is 24.1 Å². The van der Waals surface area contributed by atoms with Gasteiger partial charge in [-0.15, -0.1) is 0 Å². The molecule has 0 radical (unpaired) electrons. The van der Waals surface area contributed by atoms with Crippen molar-refractivity contribution in [3.8, 4) is 0 Å². The predicted molar refractivity (Wildman–Crippen MR) is 78.0 cm³/mol. The summed E-state index contributed by atoms with van der Waals surface area (Å²) >= 11 is 6.06. The SMILES string of the molecule is Cc1ccc(Cn2cc(S(N)(=O)=O)c(=O)[nH]c2=O)c(Cl)c1. The van der Waals surface area contributed by atoms with Crippen LogP contribution in [0, 0.1) is 6.92 Å². The first-order chi connectivity index (χ1) is 9.68. The molecule has 0 amide bonds. The number of nitrogens with one attached hydrogen (secondary N) is 1. The molecule has 1 aromatic carbocycles. The van der Waals surface area contributed by atoms with E-state index in [1.165, 1.54) is 0 Å². The van der Waals surface area contributed by atoms with E-state index in [-0.39, 0.29) is 6.54 Å². The van der Waals surface area contributed by atoms with E-state index >= 15 is 0 Å². The van der Waals surface area contributed by atoms with Crippen molar-refractivity contribution in [1.82, 2.24) is 9.55 Å². The number of primary sulfonamides is 1. The number of aromatic amines is 1. The van der Waals surface area contributed by atoms with Gasteiger partial charge in [0.05, 0.1) is 6.54 Å². The van der Waals surface area contributed by atoms with Gasteiger partial charge in [0, 0.05) is 11.2 Å². The van der Waals surface area contributed by atoms with Crippen LogP contribution in [0.1, 0.15) is 11.1 Å². The summed E-state index contributed by atoms with van der Waals surface area (Å²) in [4.78, 5) is 24.4. The van der Waals surface area contributed by atoms with Crippen LogP contribution in [-0.4, -0.2) is 18.0 Å². The zero-order chi connectivity index (χ0) is 15.8. The summed E-state index contributed by atoms with van der Waals surface area (Å²) in [5, 5.41) is 5.37. The molecule has 0 bridgehead atoms. The van der Waals surface area contributed by atoms with E-state index in [1.807, 2.05) is 11.9 Å². The number of halogens is 1. The highest BCUT2D eigenvalue weighted by Crippen LogP contribution is 2.18. The van der Waals surface area contributed by atoms with E-state index in [1.54, 1.807) is 18.2 Å². The van der Waals surface area contributed by atoms with Crippen LogP contribution in [-0.2, 0) is 16.6 Å². The van der Waals surface area contributed by atoms with Gasteiger partial charge in [-0.1, -0.05) is 23.7 Å². The van der Waals surface area contributed by atoms with E-state index in [0.717, 1.165) is 16.3 Å². The number of rotatable bonds is 3. The zero-order valence-corrected chi connectivity index (χ0v) is 12.5. The Labute approximate surface area is 125 Å². The van der Waals surface area contributed by atoms with Crippen molar-refractivity contribution >= 4 is 21.6 Å². The summed E-state index contributed by atoms with van der Waals surface area (Å²) in [6.07, 6.45) is 0.909. The first kappa shape index (κ1) is 15.5. The molecule has 2 aromatic rings. The Morgan fingerprint density at radius 1 is 1.33 bits per heavy atom. The Kier molecular flexibility index (Phi) is 4.04. The van der Waals surface area contributed by atoms with Gasteiger partial charge in [-0.25, -0.2) is 18.4 Å². The Morgan fingerprint density at radius 2 is 2.00 bits per heavy atom. The highest BCUT2D eigenvalue weighted by molar-refractivity contribution is 7.89. The molecule has 21 heavy (non-hydrogen) atoms. The predicted octanol–water partition coefficient (Wildman–Crippen LogP) is 0.194. The van der Waals surface area contributed by atoms with E-state index in [4.69, 9.17) is 16.7 Å². The third-order valence-corrected chi connectivity index (χ3v) is 4.09. The summed E-state index contributed by atoms with van der Waals surface area (Å²) in [6, 6.07) is 5.23. The molecular weight excluding hydrogens is 318 g/mol. The van der Waals surface area contributed by atoms with Crippen LogP contribution in [0.3, 0.4) is 0 Å². The quantitative estimate of drug-likeness (QED) is 0.836. The number of hydrogen-bond donors (Lipinski definition) is 2. The fourth-order valence-corrected chi connectivity index (χ4v) is 2.65. The zero-order valence-electron chi connectivity index (χ0n) is 11.0.